The summed E-state index contributed by atoms with van der Waals surface area (Å²) in [6.45, 7) is 9.00. The maximum atomic E-state index is 12.7. The molecule has 0 unspecified atom stereocenters. The quantitative estimate of drug-likeness (QED) is 0.647. The number of quaternary nitrogens is 1. The normalized spacial score (nSPS) is 16.3. The third-order valence-electron chi connectivity index (χ3n) is 5.09. The zero-order chi connectivity index (χ0) is 21.9. The van der Waals surface area contributed by atoms with Crippen LogP contribution in [0.4, 0.5) is 0 Å². The first-order chi connectivity index (χ1) is 14.1. The molecule has 0 spiro atoms. The van der Waals surface area contributed by atoms with Gasteiger partial charge in [0.25, 0.3) is 11.8 Å². The molecule has 2 aliphatic heterocycles. The Bertz CT molecular complexity index is 812. The molecule has 9 nitrogen and oxygen atoms in total. The average molecular weight is 420 g/mol. The van der Waals surface area contributed by atoms with Crippen LogP contribution in [0.2, 0.25) is 0 Å². The zero-order valence-corrected chi connectivity index (χ0v) is 18.1. The SMILES string of the molecule is CN(CC(=O)N1CC[NH+](CC(=O)NC(C)(C)C)CC1)C(=O)c1ccc2c(c1)OCO2. The number of nitrogens with one attached hydrogen (secondary N) is 2. The van der Waals surface area contributed by atoms with Gasteiger partial charge in [0.05, 0.1) is 32.7 Å². The molecule has 0 radical (unpaired) electrons. The number of fused-ring (bicyclic) bond motifs is 1. The molecule has 1 fully saturated rings. The first-order valence-corrected chi connectivity index (χ1v) is 10.2. The van der Waals surface area contributed by atoms with E-state index in [9.17, 15) is 14.4 Å². The molecular weight excluding hydrogens is 388 g/mol. The van der Waals surface area contributed by atoms with E-state index in [1.807, 2.05) is 20.8 Å². The predicted molar refractivity (Wildman–Crippen MR) is 110 cm³/mol. The van der Waals surface area contributed by atoms with Gasteiger partial charge in [0.1, 0.15) is 0 Å². The molecule has 1 aromatic rings. The lowest BCUT2D eigenvalue weighted by atomic mass is 10.1. The van der Waals surface area contributed by atoms with Crippen molar-refractivity contribution < 1.29 is 28.8 Å². The van der Waals surface area contributed by atoms with E-state index in [-0.39, 0.29) is 36.6 Å². The summed E-state index contributed by atoms with van der Waals surface area (Å²) in [4.78, 5) is 41.7. The standard InChI is InChI=1S/C21H30N4O5/c1-21(2,3)22-18(26)12-24-7-9-25(10-8-24)19(27)13-23(4)20(28)15-5-6-16-17(11-15)30-14-29-16/h5-6,11H,7-10,12-14H2,1-4H3,(H,22,26)/p+1. The number of likely N-dealkylation sites (N-methyl/N-ethyl adjacent to an activating group) is 1. The van der Waals surface area contributed by atoms with E-state index >= 15 is 0 Å². The highest BCUT2D eigenvalue weighted by Gasteiger charge is 2.28. The number of ether oxygens (including phenoxy) is 2. The second-order valence-corrected chi connectivity index (χ2v) is 8.83. The Kier molecular flexibility index (Phi) is 6.50. The summed E-state index contributed by atoms with van der Waals surface area (Å²) in [5.41, 5.74) is 0.206. The molecule has 0 aromatic heterocycles. The second kappa shape index (κ2) is 8.91. The molecule has 3 amide bonds. The zero-order valence-electron chi connectivity index (χ0n) is 18.1. The van der Waals surface area contributed by atoms with Crippen LogP contribution in [0.5, 0.6) is 11.5 Å². The molecule has 2 aliphatic rings. The molecule has 1 saturated heterocycles. The van der Waals surface area contributed by atoms with E-state index < -0.39 is 0 Å². The third kappa shape index (κ3) is 5.63. The summed E-state index contributed by atoms with van der Waals surface area (Å²) in [7, 11) is 1.61. The number of hydrogen-bond acceptors (Lipinski definition) is 5. The van der Waals surface area contributed by atoms with Gasteiger partial charge in [-0.15, -0.1) is 0 Å². The predicted octanol–water partition coefficient (Wildman–Crippen LogP) is -0.871. The van der Waals surface area contributed by atoms with E-state index in [0.29, 0.717) is 49.8 Å². The lowest BCUT2D eigenvalue weighted by Gasteiger charge is -2.33. The summed E-state index contributed by atoms with van der Waals surface area (Å²) in [5.74, 6) is 0.831. The van der Waals surface area contributed by atoms with Gasteiger partial charge < -0.3 is 29.5 Å². The van der Waals surface area contributed by atoms with E-state index in [1.165, 1.54) is 4.90 Å². The Morgan fingerprint density at radius 2 is 1.80 bits per heavy atom. The molecule has 164 valence electrons. The van der Waals surface area contributed by atoms with Crippen molar-refractivity contribution in [2.24, 2.45) is 0 Å². The van der Waals surface area contributed by atoms with Gasteiger partial charge in [-0.3, -0.25) is 14.4 Å². The molecular formula is C21H31N4O5+. The number of carbonyl (C=O) groups excluding carboxylic acids is 3. The molecule has 0 bridgehead atoms. The second-order valence-electron chi connectivity index (χ2n) is 8.83. The van der Waals surface area contributed by atoms with Crippen molar-refractivity contribution in [3.05, 3.63) is 23.8 Å². The van der Waals surface area contributed by atoms with Gasteiger partial charge in [-0.2, -0.15) is 0 Å². The minimum atomic E-state index is -0.247. The smallest absolute Gasteiger partial charge is 0.275 e. The minimum absolute atomic E-state index is 0.00706. The summed E-state index contributed by atoms with van der Waals surface area (Å²) in [6.07, 6.45) is 0. The van der Waals surface area contributed by atoms with Gasteiger partial charge in [0.2, 0.25) is 12.7 Å². The monoisotopic (exact) mass is 419 g/mol. The van der Waals surface area contributed by atoms with Gasteiger partial charge in [0, 0.05) is 18.2 Å². The summed E-state index contributed by atoms with van der Waals surface area (Å²) < 4.78 is 10.6. The average Bonchev–Trinajstić information content (AvgIpc) is 3.14. The summed E-state index contributed by atoms with van der Waals surface area (Å²) in [5, 5.41) is 2.97. The number of amides is 3. The maximum Gasteiger partial charge on any atom is 0.275 e. The fraction of sp³-hybridized carbons (Fsp3) is 0.571. The van der Waals surface area contributed by atoms with Crippen molar-refractivity contribution in [2.45, 2.75) is 26.3 Å². The first kappa shape index (κ1) is 21.9. The van der Waals surface area contributed by atoms with Crippen LogP contribution in [-0.4, -0.2) is 86.2 Å². The van der Waals surface area contributed by atoms with Gasteiger partial charge in [-0.25, -0.2) is 0 Å². The van der Waals surface area contributed by atoms with Crippen molar-refractivity contribution in [1.29, 1.82) is 0 Å². The largest absolute Gasteiger partial charge is 0.454 e. The van der Waals surface area contributed by atoms with Crippen LogP contribution in [0.15, 0.2) is 18.2 Å². The van der Waals surface area contributed by atoms with Crippen LogP contribution in [0.3, 0.4) is 0 Å². The lowest BCUT2D eigenvalue weighted by Crippen LogP contribution is -3.16. The molecule has 1 aromatic carbocycles. The molecule has 0 saturated carbocycles. The number of nitrogens with zero attached hydrogens (tertiary/aromatic N) is 2. The van der Waals surface area contributed by atoms with Crippen molar-refractivity contribution in [2.75, 3.05) is 53.1 Å². The minimum Gasteiger partial charge on any atom is -0.454 e. The molecule has 0 atom stereocenters. The van der Waals surface area contributed by atoms with Crippen LogP contribution in [0.1, 0.15) is 31.1 Å². The van der Waals surface area contributed by atoms with E-state index in [4.69, 9.17) is 9.47 Å². The van der Waals surface area contributed by atoms with Crippen molar-refractivity contribution >= 4 is 17.7 Å². The Hall–Kier alpha value is -2.81. The summed E-state index contributed by atoms with van der Waals surface area (Å²) >= 11 is 0. The lowest BCUT2D eigenvalue weighted by molar-refractivity contribution is -0.896. The number of rotatable bonds is 5. The number of carbonyl (C=O) groups is 3. The Balaban J connectivity index is 1.46. The fourth-order valence-electron chi connectivity index (χ4n) is 3.56. The van der Waals surface area contributed by atoms with Gasteiger partial charge in [0.15, 0.2) is 18.0 Å². The Labute approximate surface area is 176 Å². The number of piperazine rings is 1. The van der Waals surface area contributed by atoms with Gasteiger partial charge in [-0.1, -0.05) is 0 Å². The van der Waals surface area contributed by atoms with Crippen molar-refractivity contribution in [3.63, 3.8) is 0 Å². The topological polar surface area (TPSA) is 92.6 Å². The molecule has 9 heteroatoms. The molecule has 2 heterocycles. The van der Waals surface area contributed by atoms with Crippen LogP contribution in [0.25, 0.3) is 0 Å². The number of benzene rings is 1. The Morgan fingerprint density at radius 3 is 2.47 bits per heavy atom. The van der Waals surface area contributed by atoms with Crippen LogP contribution in [0, 0.1) is 0 Å². The highest BCUT2D eigenvalue weighted by atomic mass is 16.7. The Morgan fingerprint density at radius 1 is 1.13 bits per heavy atom. The summed E-state index contributed by atoms with van der Waals surface area (Å²) in [6, 6.07) is 5.00. The molecule has 0 aliphatic carbocycles. The maximum absolute atomic E-state index is 12.7. The number of hydrogen-bond donors (Lipinski definition) is 2. The van der Waals surface area contributed by atoms with Gasteiger partial charge in [-0.05, 0) is 39.0 Å². The highest BCUT2D eigenvalue weighted by molar-refractivity contribution is 5.97. The first-order valence-electron chi connectivity index (χ1n) is 10.2. The van der Waals surface area contributed by atoms with Crippen LogP contribution >= 0.6 is 0 Å². The molecule has 2 N–H and O–H groups in total. The third-order valence-corrected chi connectivity index (χ3v) is 5.09. The molecule has 30 heavy (non-hydrogen) atoms. The molecule has 3 rings (SSSR count). The van der Waals surface area contributed by atoms with E-state index in [2.05, 4.69) is 5.32 Å². The van der Waals surface area contributed by atoms with Gasteiger partial charge >= 0.3 is 0 Å². The fourth-order valence-corrected chi connectivity index (χ4v) is 3.56. The van der Waals surface area contributed by atoms with E-state index in [0.717, 1.165) is 4.90 Å². The van der Waals surface area contributed by atoms with Crippen LogP contribution < -0.4 is 19.7 Å². The van der Waals surface area contributed by atoms with Crippen LogP contribution in [-0.2, 0) is 9.59 Å². The van der Waals surface area contributed by atoms with E-state index in [1.54, 1.807) is 30.1 Å². The van der Waals surface area contributed by atoms with Crippen molar-refractivity contribution in [3.8, 4) is 11.5 Å². The van der Waals surface area contributed by atoms with Crippen molar-refractivity contribution in [1.82, 2.24) is 15.1 Å². The highest BCUT2D eigenvalue weighted by Crippen LogP contribution is 2.32.